The molecule has 0 aromatic heterocycles. The largest absolute Gasteiger partial charge is 0.756 e. The quantitative estimate of drug-likeness (QED) is 0.0197. The van der Waals surface area contributed by atoms with Gasteiger partial charge < -0.3 is 27.9 Å². The molecule has 0 fully saturated rings. The number of rotatable bonds is 40. The second-order valence-electron chi connectivity index (χ2n) is 16.0. The Morgan fingerprint density at radius 1 is 0.552 bits per heavy atom. The smallest absolute Gasteiger partial charge is 0.306 e. The van der Waals surface area contributed by atoms with E-state index in [9.17, 15) is 19.0 Å². The number of hydrogen-bond donors (Lipinski definition) is 0. The molecule has 0 aromatic carbocycles. The molecule has 334 valence electrons. The number of esters is 2. The summed E-state index contributed by atoms with van der Waals surface area (Å²) in [6, 6.07) is 0. The molecular weight excluding hydrogens is 750 g/mol. The molecule has 0 bridgehead atoms. The molecule has 0 radical (unpaired) electrons. The molecule has 0 heterocycles. The zero-order valence-electron chi connectivity index (χ0n) is 37.5. The van der Waals surface area contributed by atoms with Crippen LogP contribution in [0.25, 0.3) is 0 Å². The van der Waals surface area contributed by atoms with Gasteiger partial charge in [-0.15, -0.1) is 0 Å². The molecule has 0 spiro atoms. The van der Waals surface area contributed by atoms with Crippen LogP contribution in [0.2, 0.25) is 0 Å². The van der Waals surface area contributed by atoms with Crippen molar-refractivity contribution >= 4 is 19.8 Å². The van der Waals surface area contributed by atoms with Crippen LogP contribution in [0.5, 0.6) is 0 Å². The molecule has 0 aliphatic carbocycles. The van der Waals surface area contributed by atoms with Crippen LogP contribution in [0.4, 0.5) is 0 Å². The molecule has 0 aliphatic heterocycles. The van der Waals surface area contributed by atoms with E-state index in [4.69, 9.17) is 18.5 Å². The number of allylic oxidation sites excluding steroid dienone is 12. The summed E-state index contributed by atoms with van der Waals surface area (Å²) in [5.74, 6) is -0.893. The van der Waals surface area contributed by atoms with Crippen molar-refractivity contribution in [3.63, 3.8) is 0 Å². The van der Waals surface area contributed by atoms with Gasteiger partial charge in [0.2, 0.25) is 0 Å². The van der Waals surface area contributed by atoms with E-state index < -0.39 is 32.5 Å². The first kappa shape index (κ1) is 55.5. The second-order valence-corrected chi connectivity index (χ2v) is 17.4. The fourth-order valence-electron chi connectivity index (χ4n) is 5.67. The number of carbonyl (C=O) groups excluding carboxylic acids is 2. The molecule has 0 aromatic rings. The minimum atomic E-state index is -4.64. The van der Waals surface area contributed by atoms with Crippen LogP contribution in [0, 0.1) is 0 Å². The third-order valence-corrected chi connectivity index (χ3v) is 10.2. The summed E-state index contributed by atoms with van der Waals surface area (Å²) in [6.45, 7) is 4.02. The van der Waals surface area contributed by atoms with Crippen LogP contribution in [0.1, 0.15) is 168 Å². The van der Waals surface area contributed by atoms with Gasteiger partial charge in [0.15, 0.2) is 6.10 Å². The highest BCUT2D eigenvalue weighted by atomic mass is 31.2. The maximum absolute atomic E-state index is 12.7. The van der Waals surface area contributed by atoms with Crippen molar-refractivity contribution in [1.82, 2.24) is 0 Å². The molecule has 2 atom stereocenters. The van der Waals surface area contributed by atoms with E-state index in [1.54, 1.807) is 0 Å². The molecule has 10 heteroatoms. The topological polar surface area (TPSA) is 111 Å². The van der Waals surface area contributed by atoms with Crippen molar-refractivity contribution in [2.75, 3.05) is 47.5 Å². The lowest BCUT2D eigenvalue weighted by Crippen LogP contribution is -2.37. The number of likely N-dealkylation sites (N-methyl/N-ethyl adjacent to an activating group) is 1. The summed E-state index contributed by atoms with van der Waals surface area (Å²) in [5.41, 5.74) is 0. The molecule has 0 saturated carbocycles. The van der Waals surface area contributed by atoms with Crippen LogP contribution >= 0.6 is 7.82 Å². The van der Waals surface area contributed by atoms with Crippen LogP contribution in [0.3, 0.4) is 0 Å². The Hall–Kier alpha value is -2.55. The SMILES string of the molecule is CC/C=C\C/C=C\C/C=C\C/C=C\CCCCC(=O)O[C@H](COC(=O)CCCCCCCCCCC/C=C\C/C=C\CCCCC)COP(=O)([O-])OCC[N+](C)(C)C. The third-order valence-electron chi connectivity index (χ3n) is 9.21. The van der Waals surface area contributed by atoms with Crippen molar-refractivity contribution in [2.24, 2.45) is 0 Å². The van der Waals surface area contributed by atoms with Gasteiger partial charge in [0.1, 0.15) is 19.8 Å². The lowest BCUT2D eigenvalue weighted by atomic mass is 10.1. The highest BCUT2D eigenvalue weighted by Crippen LogP contribution is 2.38. The lowest BCUT2D eigenvalue weighted by molar-refractivity contribution is -0.870. The van der Waals surface area contributed by atoms with Gasteiger partial charge in [0, 0.05) is 12.8 Å². The van der Waals surface area contributed by atoms with Gasteiger partial charge in [-0.25, -0.2) is 0 Å². The fourth-order valence-corrected chi connectivity index (χ4v) is 6.40. The maximum atomic E-state index is 12.7. The number of phosphoric acid groups is 1. The molecule has 58 heavy (non-hydrogen) atoms. The molecular formula is C48H84NO8P. The van der Waals surface area contributed by atoms with Gasteiger partial charge in [-0.3, -0.25) is 14.2 Å². The minimum absolute atomic E-state index is 0.0431. The number of unbranched alkanes of at least 4 members (excludes halogenated alkanes) is 14. The molecule has 0 N–H and O–H groups in total. The molecule has 9 nitrogen and oxygen atoms in total. The second kappa shape index (κ2) is 39.9. The van der Waals surface area contributed by atoms with Crippen LogP contribution in [-0.2, 0) is 32.7 Å². The third kappa shape index (κ3) is 43.0. The van der Waals surface area contributed by atoms with Crippen molar-refractivity contribution in [2.45, 2.75) is 174 Å². The average molecular weight is 834 g/mol. The lowest BCUT2D eigenvalue weighted by Gasteiger charge is -2.28. The summed E-state index contributed by atoms with van der Waals surface area (Å²) in [7, 11) is 1.12. The van der Waals surface area contributed by atoms with Gasteiger partial charge in [-0.2, -0.15) is 0 Å². The summed E-state index contributed by atoms with van der Waals surface area (Å²) in [6.07, 6.45) is 49.3. The Morgan fingerprint density at radius 3 is 1.50 bits per heavy atom. The summed E-state index contributed by atoms with van der Waals surface area (Å²) >= 11 is 0. The van der Waals surface area contributed by atoms with Crippen molar-refractivity contribution in [3.8, 4) is 0 Å². The molecule has 0 amide bonds. The Morgan fingerprint density at radius 2 is 0.983 bits per heavy atom. The first-order valence-electron chi connectivity index (χ1n) is 22.6. The molecule has 0 saturated heterocycles. The molecule has 0 aliphatic rings. The van der Waals surface area contributed by atoms with Gasteiger partial charge >= 0.3 is 11.9 Å². The highest BCUT2D eigenvalue weighted by molar-refractivity contribution is 7.45. The average Bonchev–Trinajstić information content (AvgIpc) is 3.17. The van der Waals surface area contributed by atoms with Crippen molar-refractivity contribution in [1.29, 1.82) is 0 Å². The molecule has 0 rings (SSSR count). The number of phosphoric ester groups is 1. The Balaban J connectivity index is 4.39. The highest BCUT2D eigenvalue weighted by Gasteiger charge is 2.21. The number of nitrogens with zero attached hydrogens (tertiary/aromatic N) is 1. The van der Waals surface area contributed by atoms with Gasteiger partial charge in [-0.05, 0) is 83.5 Å². The van der Waals surface area contributed by atoms with Gasteiger partial charge in [0.05, 0.1) is 27.7 Å². The van der Waals surface area contributed by atoms with Crippen LogP contribution in [0.15, 0.2) is 72.9 Å². The van der Waals surface area contributed by atoms with E-state index >= 15 is 0 Å². The Kier molecular flexibility index (Phi) is 38.1. The Labute approximate surface area is 355 Å². The van der Waals surface area contributed by atoms with Crippen molar-refractivity contribution < 1.29 is 42.1 Å². The zero-order chi connectivity index (χ0) is 42.8. The number of ether oxygens (including phenoxy) is 2. The van der Waals surface area contributed by atoms with Crippen LogP contribution < -0.4 is 4.89 Å². The van der Waals surface area contributed by atoms with Gasteiger partial charge in [-0.1, -0.05) is 145 Å². The monoisotopic (exact) mass is 834 g/mol. The van der Waals surface area contributed by atoms with E-state index in [1.807, 2.05) is 21.1 Å². The van der Waals surface area contributed by atoms with Crippen LogP contribution in [-0.4, -0.2) is 70.0 Å². The van der Waals surface area contributed by atoms with Crippen molar-refractivity contribution in [3.05, 3.63) is 72.9 Å². The normalized spacial score (nSPS) is 14.2. The first-order valence-corrected chi connectivity index (χ1v) is 24.1. The maximum Gasteiger partial charge on any atom is 0.306 e. The zero-order valence-corrected chi connectivity index (χ0v) is 38.4. The van der Waals surface area contributed by atoms with E-state index in [1.165, 1.54) is 57.8 Å². The fraction of sp³-hybridized carbons (Fsp3) is 0.708. The predicted molar refractivity (Wildman–Crippen MR) is 240 cm³/mol. The standard InChI is InChI=1S/C48H84NO8P/c1-6-8-10-12-14-16-18-20-22-23-24-25-27-28-30-32-34-36-38-40-47(50)54-44-46(45-56-58(52,53)55-43-42-49(3,4)5)57-48(51)41-39-37-35-33-31-29-26-21-19-17-15-13-11-9-7-2/h9,11,14-17,20-22,26,31,33,46H,6-8,10,12-13,18-19,23-25,27-30,32,34-45H2,1-5H3/b11-9-,16-14-,17-15-,22-20-,26-21-,33-31-/t46-/m1/s1. The number of carbonyl (C=O) groups is 2. The number of hydrogen-bond acceptors (Lipinski definition) is 8. The summed E-state index contributed by atoms with van der Waals surface area (Å²) < 4.78 is 33.9. The minimum Gasteiger partial charge on any atom is -0.756 e. The molecule has 1 unspecified atom stereocenters. The Bertz CT molecular complexity index is 1220. The van der Waals surface area contributed by atoms with E-state index in [-0.39, 0.29) is 26.1 Å². The van der Waals surface area contributed by atoms with E-state index in [2.05, 4.69) is 86.8 Å². The summed E-state index contributed by atoms with van der Waals surface area (Å²) in [4.78, 5) is 37.5. The first-order chi connectivity index (χ1) is 28.0. The predicted octanol–water partition coefficient (Wildman–Crippen LogP) is 12.4. The number of quaternary nitrogens is 1. The van der Waals surface area contributed by atoms with Gasteiger partial charge in [0.25, 0.3) is 7.82 Å². The van der Waals surface area contributed by atoms with E-state index in [0.29, 0.717) is 17.4 Å². The van der Waals surface area contributed by atoms with E-state index in [0.717, 1.165) is 77.0 Å². The summed E-state index contributed by atoms with van der Waals surface area (Å²) in [5, 5.41) is 0.